The van der Waals surface area contributed by atoms with Gasteiger partial charge in [0.05, 0.1) is 0 Å². The van der Waals surface area contributed by atoms with E-state index >= 15 is 0 Å². The number of anilines is 1. The van der Waals surface area contributed by atoms with E-state index in [1.54, 1.807) is 0 Å². The number of rotatable bonds is 4. The highest BCUT2D eigenvalue weighted by molar-refractivity contribution is 5.76. The molecule has 22 heavy (non-hydrogen) atoms. The Morgan fingerprint density at radius 3 is 2.82 bits per heavy atom. The van der Waals surface area contributed by atoms with Crippen molar-refractivity contribution in [1.82, 2.24) is 5.32 Å². The van der Waals surface area contributed by atoms with Crippen LogP contribution in [0.2, 0.25) is 0 Å². The number of carbonyl (C=O) groups is 1. The van der Waals surface area contributed by atoms with Crippen molar-refractivity contribution in [3.05, 3.63) is 29.8 Å². The summed E-state index contributed by atoms with van der Waals surface area (Å²) in [5.41, 5.74) is 2.60. The molecule has 2 fully saturated rings. The number of amides is 1. The monoisotopic (exact) mass is 302 g/mol. The molecule has 0 saturated carbocycles. The zero-order chi connectivity index (χ0) is 15.4. The van der Waals surface area contributed by atoms with Gasteiger partial charge in [-0.25, -0.2) is 0 Å². The Balaban J connectivity index is 1.44. The second-order valence-corrected chi connectivity index (χ2v) is 6.60. The number of hydrogen-bond donors (Lipinski definition) is 1. The zero-order valence-electron chi connectivity index (χ0n) is 13.4. The Labute approximate surface area is 132 Å². The summed E-state index contributed by atoms with van der Waals surface area (Å²) in [5, 5.41) is 3.21. The van der Waals surface area contributed by atoms with Crippen LogP contribution in [-0.4, -0.2) is 38.3 Å². The minimum atomic E-state index is 0.199. The molecule has 4 nitrogen and oxygen atoms in total. The molecule has 2 aliphatic heterocycles. The smallest absolute Gasteiger partial charge is 0.220 e. The quantitative estimate of drug-likeness (QED) is 0.929. The van der Waals surface area contributed by atoms with E-state index in [9.17, 15) is 4.79 Å². The third kappa shape index (κ3) is 4.01. The van der Waals surface area contributed by atoms with E-state index in [0.29, 0.717) is 18.4 Å². The van der Waals surface area contributed by atoms with Crippen molar-refractivity contribution in [3.63, 3.8) is 0 Å². The maximum Gasteiger partial charge on any atom is 0.220 e. The van der Waals surface area contributed by atoms with Crippen LogP contribution >= 0.6 is 0 Å². The summed E-state index contributed by atoms with van der Waals surface area (Å²) in [4.78, 5) is 14.5. The first-order valence-electron chi connectivity index (χ1n) is 8.39. The number of benzene rings is 1. The molecular weight excluding hydrogens is 276 g/mol. The highest BCUT2D eigenvalue weighted by Gasteiger charge is 2.23. The molecule has 0 unspecified atom stereocenters. The Morgan fingerprint density at radius 2 is 2.14 bits per heavy atom. The molecule has 4 heteroatoms. The predicted octanol–water partition coefficient (Wildman–Crippen LogP) is 2.51. The summed E-state index contributed by atoms with van der Waals surface area (Å²) >= 11 is 0. The number of nitrogens with zero attached hydrogens (tertiary/aromatic N) is 1. The van der Waals surface area contributed by atoms with Crippen LogP contribution in [0.5, 0.6) is 0 Å². The van der Waals surface area contributed by atoms with E-state index in [1.807, 2.05) is 0 Å². The summed E-state index contributed by atoms with van der Waals surface area (Å²) < 4.78 is 5.33. The number of piperidine rings is 1. The van der Waals surface area contributed by atoms with Crippen molar-refractivity contribution in [2.24, 2.45) is 5.92 Å². The number of aryl methyl sites for hydroxylation is 1. The van der Waals surface area contributed by atoms with Crippen LogP contribution in [0.15, 0.2) is 24.3 Å². The van der Waals surface area contributed by atoms with Crippen LogP contribution in [0.1, 0.15) is 31.2 Å². The lowest BCUT2D eigenvalue weighted by molar-refractivity contribution is -0.122. The van der Waals surface area contributed by atoms with Gasteiger partial charge < -0.3 is 15.0 Å². The Kier molecular flexibility index (Phi) is 4.98. The normalized spacial score (nSPS) is 22.8. The first-order valence-corrected chi connectivity index (χ1v) is 8.39. The van der Waals surface area contributed by atoms with Gasteiger partial charge in [0, 0.05) is 44.5 Å². The zero-order valence-corrected chi connectivity index (χ0v) is 13.4. The van der Waals surface area contributed by atoms with E-state index in [2.05, 4.69) is 41.4 Å². The highest BCUT2D eigenvalue weighted by Crippen LogP contribution is 2.21. The third-order valence-corrected chi connectivity index (χ3v) is 4.72. The SMILES string of the molecule is Cc1cccc(N2CCC(NC(=O)C[C@H]3CCOC3)CC2)c1. The molecule has 0 aromatic heterocycles. The number of hydrogen-bond acceptors (Lipinski definition) is 3. The van der Waals surface area contributed by atoms with E-state index in [-0.39, 0.29) is 5.91 Å². The molecule has 1 aromatic carbocycles. The molecule has 2 aliphatic rings. The van der Waals surface area contributed by atoms with Crippen molar-refractivity contribution in [3.8, 4) is 0 Å². The molecule has 1 N–H and O–H groups in total. The van der Waals surface area contributed by atoms with Crippen LogP contribution in [-0.2, 0) is 9.53 Å². The minimum absolute atomic E-state index is 0.199. The maximum atomic E-state index is 12.1. The van der Waals surface area contributed by atoms with Gasteiger partial charge in [0.25, 0.3) is 0 Å². The lowest BCUT2D eigenvalue weighted by Gasteiger charge is -2.34. The fourth-order valence-corrected chi connectivity index (χ4v) is 3.40. The Bertz CT molecular complexity index is 504. The van der Waals surface area contributed by atoms with E-state index < -0.39 is 0 Å². The molecule has 0 radical (unpaired) electrons. The molecule has 3 rings (SSSR count). The van der Waals surface area contributed by atoms with Crippen molar-refractivity contribution in [1.29, 1.82) is 0 Å². The second kappa shape index (κ2) is 7.14. The molecule has 1 aromatic rings. The standard InChI is InChI=1S/C18H26N2O2/c1-14-3-2-4-17(11-14)20-8-5-16(6-9-20)19-18(21)12-15-7-10-22-13-15/h2-4,11,15-16H,5-10,12-13H2,1H3,(H,19,21)/t15-/m1/s1. The highest BCUT2D eigenvalue weighted by atomic mass is 16.5. The molecular formula is C18H26N2O2. The van der Waals surface area contributed by atoms with Crippen molar-refractivity contribution < 1.29 is 9.53 Å². The third-order valence-electron chi connectivity index (χ3n) is 4.72. The molecule has 2 saturated heterocycles. The van der Waals surface area contributed by atoms with Crippen LogP contribution in [0.25, 0.3) is 0 Å². The summed E-state index contributed by atoms with van der Waals surface area (Å²) in [6.07, 6.45) is 3.71. The lowest BCUT2D eigenvalue weighted by Crippen LogP contribution is -2.45. The Hall–Kier alpha value is -1.55. The number of nitrogens with one attached hydrogen (secondary N) is 1. The van der Waals surface area contributed by atoms with Crippen molar-refractivity contribution >= 4 is 11.6 Å². The van der Waals surface area contributed by atoms with Crippen molar-refractivity contribution in [2.45, 2.75) is 38.6 Å². The molecule has 120 valence electrons. The largest absolute Gasteiger partial charge is 0.381 e. The molecule has 1 atom stereocenters. The summed E-state index contributed by atoms with van der Waals surface area (Å²) in [5.74, 6) is 0.622. The van der Waals surface area contributed by atoms with Crippen LogP contribution in [0.4, 0.5) is 5.69 Å². The van der Waals surface area contributed by atoms with Gasteiger partial charge in [-0.15, -0.1) is 0 Å². The minimum Gasteiger partial charge on any atom is -0.381 e. The first kappa shape index (κ1) is 15.3. The number of carbonyl (C=O) groups excluding carboxylic acids is 1. The van der Waals surface area contributed by atoms with Gasteiger partial charge in [-0.3, -0.25) is 4.79 Å². The first-order chi connectivity index (χ1) is 10.7. The van der Waals surface area contributed by atoms with Gasteiger partial charge in [0.2, 0.25) is 5.91 Å². The maximum absolute atomic E-state index is 12.1. The van der Waals surface area contributed by atoms with E-state index in [4.69, 9.17) is 4.74 Å². The van der Waals surface area contributed by atoms with Crippen LogP contribution < -0.4 is 10.2 Å². The van der Waals surface area contributed by atoms with Gasteiger partial charge in [0.1, 0.15) is 0 Å². The molecule has 1 amide bonds. The molecule has 0 spiro atoms. The second-order valence-electron chi connectivity index (χ2n) is 6.60. The van der Waals surface area contributed by atoms with Crippen molar-refractivity contribution in [2.75, 3.05) is 31.2 Å². The van der Waals surface area contributed by atoms with Gasteiger partial charge in [-0.05, 0) is 49.8 Å². The average Bonchev–Trinajstić information content (AvgIpc) is 3.01. The topological polar surface area (TPSA) is 41.6 Å². The van der Waals surface area contributed by atoms with E-state index in [1.165, 1.54) is 11.3 Å². The fourth-order valence-electron chi connectivity index (χ4n) is 3.40. The summed E-state index contributed by atoms with van der Waals surface area (Å²) in [6.45, 7) is 5.72. The Morgan fingerprint density at radius 1 is 1.32 bits per heavy atom. The molecule has 0 aliphatic carbocycles. The van der Waals surface area contributed by atoms with Crippen LogP contribution in [0, 0.1) is 12.8 Å². The van der Waals surface area contributed by atoms with Gasteiger partial charge in [-0.1, -0.05) is 12.1 Å². The van der Waals surface area contributed by atoms with Crippen LogP contribution in [0.3, 0.4) is 0 Å². The number of ether oxygens (including phenoxy) is 1. The van der Waals surface area contributed by atoms with E-state index in [0.717, 1.165) is 45.6 Å². The average molecular weight is 302 g/mol. The fraction of sp³-hybridized carbons (Fsp3) is 0.611. The van der Waals surface area contributed by atoms with Gasteiger partial charge >= 0.3 is 0 Å². The lowest BCUT2D eigenvalue weighted by atomic mass is 10.0. The van der Waals surface area contributed by atoms with Gasteiger partial charge in [0.15, 0.2) is 0 Å². The molecule has 2 heterocycles. The summed E-state index contributed by atoms with van der Waals surface area (Å²) in [7, 11) is 0. The van der Waals surface area contributed by atoms with Gasteiger partial charge in [-0.2, -0.15) is 0 Å². The predicted molar refractivity (Wildman–Crippen MR) is 88.1 cm³/mol. The molecule has 0 bridgehead atoms. The summed E-state index contributed by atoms with van der Waals surface area (Å²) in [6, 6.07) is 8.98.